The molecule has 29 heavy (non-hydrogen) atoms. The first kappa shape index (κ1) is 19.5. The molecular weight excluding hydrogens is 426 g/mol. The minimum atomic E-state index is -0.902. The van der Waals surface area contributed by atoms with Crippen molar-refractivity contribution in [1.29, 1.82) is 0 Å². The molecule has 2 bridgehead atoms. The number of piperidine rings is 1. The number of halogens is 1. The highest BCUT2D eigenvalue weighted by molar-refractivity contribution is 7.19. The SMILES string of the molecule is O=c1ccc(-c2ccc(Cl)s2)nn1CC1(O)C[C@H]2CC[C@H](C1)N2Cc1cccs1. The van der Waals surface area contributed by atoms with Crippen molar-refractivity contribution in [1.82, 2.24) is 14.7 Å². The number of thiophene rings is 2. The number of fused-ring (bicyclic) bond motifs is 2. The van der Waals surface area contributed by atoms with Gasteiger partial charge in [0, 0.05) is 29.6 Å². The first-order chi connectivity index (χ1) is 14.0. The fourth-order valence-electron chi connectivity index (χ4n) is 4.81. The number of nitrogens with zero attached hydrogens (tertiary/aromatic N) is 3. The normalized spacial score (nSPS) is 26.8. The molecular formula is C21H22ClN3O2S2. The second-order valence-electron chi connectivity index (χ2n) is 8.09. The Morgan fingerprint density at radius 3 is 2.62 bits per heavy atom. The molecule has 5 rings (SSSR count). The van der Waals surface area contributed by atoms with Gasteiger partial charge in [-0.3, -0.25) is 9.69 Å². The highest BCUT2D eigenvalue weighted by atomic mass is 35.5. The minimum absolute atomic E-state index is 0.182. The average Bonchev–Trinajstić information content (AvgIpc) is 3.40. The van der Waals surface area contributed by atoms with Crippen LogP contribution in [0, 0.1) is 0 Å². The summed E-state index contributed by atoms with van der Waals surface area (Å²) in [6.07, 6.45) is 3.57. The van der Waals surface area contributed by atoms with Gasteiger partial charge in [0.1, 0.15) is 5.69 Å². The van der Waals surface area contributed by atoms with Crippen LogP contribution in [0.3, 0.4) is 0 Å². The Bertz CT molecular complexity index is 1050. The molecule has 2 saturated heterocycles. The lowest BCUT2D eigenvalue weighted by molar-refractivity contribution is -0.0674. The molecule has 1 N–H and O–H groups in total. The van der Waals surface area contributed by atoms with E-state index in [2.05, 4.69) is 27.5 Å². The zero-order valence-corrected chi connectivity index (χ0v) is 18.2. The number of aromatic nitrogens is 2. The van der Waals surface area contributed by atoms with E-state index in [1.54, 1.807) is 17.4 Å². The predicted octanol–water partition coefficient (Wildman–Crippen LogP) is 4.24. The molecule has 0 amide bonds. The van der Waals surface area contributed by atoms with Crippen LogP contribution in [-0.4, -0.2) is 37.5 Å². The first-order valence-corrected chi connectivity index (χ1v) is 11.9. The Labute approximate surface area is 182 Å². The molecule has 2 atom stereocenters. The van der Waals surface area contributed by atoms with Crippen LogP contribution in [0.25, 0.3) is 10.6 Å². The second-order valence-corrected chi connectivity index (χ2v) is 10.8. The molecule has 0 spiro atoms. The lowest BCUT2D eigenvalue weighted by Crippen LogP contribution is -2.53. The van der Waals surface area contributed by atoms with E-state index in [9.17, 15) is 9.90 Å². The summed E-state index contributed by atoms with van der Waals surface area (Å²) in [5, 5.41) is 18.0. The highest BCUT2D eigenvalue weighted by Crippen LogP contribution is 2.42. The second kappa shape index (κ2) is 7.63. The van der Waals surface area contributed by atoms with E-state index in [-0.39, 0.29) is 12.1 Å². The summed E-state index contributed by atoms with van der Waals surface area (Å²) in [6.45, 7) is 1.19. The van der Waals surface area contributed by atoms with Gasteiger partial charge in [0.05, 0.1) is 21.4 Å². The van der Waals surface area contributed by atoms with Crippen molar-refractivity contribution in [2.45, 2.75) is 56.5 Å². The predicted molar refractivity (Wildman–Crippen MR) is 118 cm³/mol. The Morgan fingerprint density at radius 1 is 1.17 bits per heavy atom. The maximum Gasteiger partial charge on any atom is 0.266 e. The molecule has 152 valence electrons. The van der Waals surface area contributed by atoms with Crippen LogP contribution in [0.2, 0.25) is 4.34 Å². The Balaban J connectivity index is 1.35. The van der Waals surface area contributed by atoms with Gasteiger partial charge in [0.15, 0.2) is 0 Å². The van der Waals surface area contributed by atoms with E-state index in [0.29, 0.717) is 35.0 Å². The number of hydrogen-bond donors (Lipinski definition) is 1. The van der Waals surface area contributed by atoms with Crippen LogP contribution in [0.4, 0.5) is 0 Å². The quantitative estimate of drug-likeness (QED) is 0.635. The lowest BCUT2D eigenvalue weighted by Gasteiger charge is -2.43. The van der Waals surface area contributed by atoms with Crippen molar-refractivity contribution in [3.63, 3.8) is 0 Å². The Hall–Kier alpha value is -1.51. The fraction of sp³-hybridized carbons (Fsp3) is 0.429. The van der Waals surface area contributed by atoms with Gasteiger partial charge in [-0.1, -0.05) is 17.7 Å². The van der Waals surface area contributed by atoms with Crippen LogP contribution >= 0.6 is 34.3 Å². The molecule has 5 heterocycles. The average molecular weight is 448 g/mol. The first-order valence-electron chi connectivity index (χ1n) is 9.83. The van der Waals surface area contributed by atoms with E-state index >= 15 is 0 Å². The summed E-state index contributed by atoms with van der Waals surface area (Å²) in [5.41, 5.74) is -0.373. The van der Waals surface area contributed by atoms with Gasteiger partial charge in [0.2, 0.25) is 0 Å². The Morgan fingerprint density at radius 2 is 1.97 bits per heavy atom. The van der Waals surface area contributed by atoms with Crippen LogP contribution in [0.15, 0.2) is 46.6 Å². The standard InChI is InChI=1S/C21H22ClN3O2S2/c22-19-7-6-18(29-19)17-5-8-20(26)25(23-17)13-21(27)10-14-3-4-15(11-21)24(14)12-16-2-1-9-28-16/h1-2,5-9,14-15,27H,3-4,10-13H2/t14-,15-/m1/s1. The van der Waals surface area contributed by atoms with E-state index in [1.165, 1.54) is 27.0 Å². The van der Waals surface area contributed by atoms with Gasteiger partial charge >= 0.3 is 0 Å². The number of aliphatic hydroxyl groups is 1. The summed E-state index contributed by atoms with van der Waals surface area (Å²) >= 11 is 9.26. The van der Waals surface area contributed by atoms with Crippen molar-refractivity contribution < 1.29 is 5.11 Å². The van der Waals surface area contributed by atoms with Gasteiger partial charge in [-0.15, -0.1) is 22.7 Å². The van der Waals surface area contributed by atoms with Crippen LogP contribution in [-0.2, 0) is 13.1 Å². The van der Waals surface area contributed by atoms with Crippen LogP contribution in [0.1, 0.15) is 30.6 Å². The summed E-state index contributed by atoms with van der Waals surface area (Å²) in [4.78, 5) is 17.3. The molecule has 0 saturated carbocycles. The summed E-state index contributed by atoms with van der Waals surface area (Å²) in [7, 11) is 0. The van der Waals surface area contributed by atoms with E-state index in [0.717, 1.165) is 24.3 Å². The van der Waals surface area contributed by atoms with Crippen LogP contribution in [0.5, 0.6) is 0 Å². The van der Waals surface area contributed by atoms with Crippen molar-refractivity contribution in [2.75, 3.05) is 0 Å². The molecule has 0 radical (unpaired) electrons. The van der Waals surface area contributed by atoms with Crippen molar-refractivity contribution in [3.05, 3.63) is 61.3 Å². The molecule has 0 unspecified atom stereocenters. The maximum absolute atomic E-state index is 12.4. The molecule has 2 fully saturated rings. The number of hydrogen-bond acceptors (Lipinski definition) is 6. The summed E-state index contributed by atoms with van der Waals surface area (Å²) in [6, 6.07) is 12.0. The molecule has 8 heteroatoms. The summed E-state index contributed by atoms with van der Waals surface area (Å²) < 4.78 is 2.12. The van der Waals surface area contributed by atoms with Gasteiger partial charge in [-0.05, 0) is 55.3 Å². The number of rotatable bonds is 5. The fourth-order valence-corrected chi connectivity index (χ4v) is 6.53. The third kappa shape index (κ3) is 3.94. The molecule has 0 aliphatic carbocycles. The van der Waals surface area contributed by atoms with Gasteiger partial charge in [-0.2, -0.15) is 5.10 Å². The smallest absolute Gasteiger partial charge is 0.266 e. The lowest BCUT2D eigenvalue weighted by atomic mass is 9.86. The third-order valence-corrected chi connectivity index (χ3v) is 8.17. The van der Waals surface area contributed by atoms with Gasteiger partial charge in [0.25, 0.3) is 5.56 Å². The largest absolute Gasteiger partial charge is 0.388 e. The van der Waals surface area contributed by atoms with E-state index < -0.39 is 5.60 Å². The van der Waals surface area contributed by atoms with Gasteiger partial charge < -0.3 is 5.11 Å². The topological polar surface area (TPSA) is 58.4 Å². The van der Waals surface area contributed by atoms with Gasteiger partial charge in [-0.25, -0.2) is 4.68 Å². The molecule has 3 aromatic rings. The molecule has 5 nitrogen and oxygen atoms in total. The molecule has 0 aromatic carbocycles. The third-order valence-electron chi connectivity index (χ3n) is 6.06. The van der Waals surface area contributed by atoms with Crippen LogP contribution < -0.4 is 5.56 Å². The highest BCUT2D eigenvalue weighted by Gasteiger charge is 2.47. The van der Waals surface area contributed by atoms with Crippen molar-refractivity contribution in [3.8, 4) is 10.6 Å². The zero-order valence-electron chi connectivity index (χ0n) is 15.8. The maximum atomic E-state index is 12.4. The monoisotopic (exact) mass is 447 g/mol. The molecule has 2 aliphatic rings. The zero-order chi connectivity index (χ0) is 20.0. The van der Waals surface area contributed by atoms with Crippen molar-refractivity contribution in [2.24, 2.45) is 0 Å². The Kier molecular flexibility index (Phi) is 5.12. The van der Waals surface area contributed by atoms with Crippen molar-refractivity contribution >= 4 is 34.3 Å². The summed E-state index contributed by atoms with van der Waals surface area (Å²) in [5.74, 6) is 0. The minimum Gasteiger partial charge on any atom is -0.388 e. The van der Waals surface area contributed by atoms with E-state index in [1.807, 2.05) is 12.1 Å². The molecule has 3 aromatic heterocycles. The molecule has 2 aliphatic heterocycles. The van der Waals surface area contributed by atoms with E-state index in [4.69, 9.17) is 11.6 Å².